The molecular weight excluding hydrogens is 256 g/mol. The maximum absolute atomic E-state index is 12.4. The molecule has 110 valence electrons. The molecule has 0 radical (unpaired) electrons. The van der Waals surface area contributed by atoms with Crippen molar-refractivity contribution in [3.05, 3.63) is 17.0 Å². The third-order valence-corrected chi connectivity index (χ3v) is 3.84. The second kappa shape index (κ2) is 6.07. The number of H-pyrrole nitrogens is 1. The van der Waals surface area contributed by atoms with Crippen molar-refractivity contribution in [1.29, 1.82) is 0 Å². The number of nitrogens with one attached hydrogen (secondary N) is 1. The molecule has 1 aliphatic rings. The fourth-order valence-corrected chi connectivity index (χ4v) is 2.57. The number of hydrogen-bond donors (Lipinski definition) is 1. The van der Waals surface area contributed by atoms with Crippen LogP contribution >= 0.6 is 0 Å². The SMILES string of the molecule is CCC(=O)N1CCc2[nH]nc(C(=O)N(CC)CC)c2C1. The molecule has 0 spiro atoms. The van der Waals surface area contributed by atoms with Crippen molar-refractivity contribution in [3.8, 4) is 0 Å². The van der Waals surface area contributed by atoms with E-state index in [2.05, 4.69) is 10.2 Å². The summed E-state index contributed by atoms with van der Waals surface area (Å²) in [5.41, 5.74) is 2.34. The van der Waals surface area contributed by atoms with E-state index in [-0.39, 0.29) is 11.8 Å². The van der Waals surface area contributed by atoms with Gasteiger partial charge < -0.3 is 9.80 Å². The van der Waals surface area contributed by atoms with Crippen LogP contribution in [0.1, 0.15) is 48.9 Å². The molecule has 1 aromatic rings. The summed E-state index contributed by atoms with van der Waals surface area (Å²) in [4.78, 5) is 27.8. The van der Waals surface area contributed by atoms with Gasteiger partial charge in [0.05, 0.1) is 0 Å². The summed E-state index contributed by atoms with van der Waals surface area (Å²) in [6.07, 6.45) is 1.23. The molecule has 0 atom stereocenters. The van der Waals surface area contributed by atoms with Gasteiger partial charge in [-0.1, -0.05) is 6.92 Å². The van der Waals surface area contributed by atoms with E-state index in [1.165, 1.54) is 0 Å². The molecule has 2 heterocycles. The molecule has 1 aliphatic heterocycles. The quantitative estimate of drug-likeness (QED) is 0.899. The fraction of sp³-hybridized carbons (Fsp3) is 0.643. The Morgan fingerprint density at radius 2 is 2.00 bits per heavy atom. The number of rotatable bonds is 4. The number of hydrogen-bond acceptors (Lipinski definition) is 3. The molecule has 1 aromatic heterocycles. The molecule has 2 amide bonds. The predicted molar refractivity (Wildman–Crippen MR) is 75.3 cm³/mol. The van der Waals surface area contributed by atoms with E-state index in [9.17, 15) is 9.59 Å². The van der Waals surface area contributed by atoms with Gasteiger partial charge in [0.25, 0.3) is 5.91 Å². The topological polar surface area (TPSA) is 69.3 Å². The van der Waals surface area contributed by atoms with E-state index in [4.69, 9.17) is 0 Å². The summed E-state index contributed by atoms with van der Waals surface area (Å²) in [5, 5.41) is 7.13. The van der Waals surface area contributed by atoms with Crippen LogP contribution in [0.2, 0.25) is 0 Å². The van der Waals surface area contributed by atoms with E-state index in [0.29, 0.717) is 38.3 Å². The molecule has 0 aliphatic carbocycles. The van der Waals surface area contributed by atoms with Crippen molar-refractivity contribution >= 4 is 11.8 Å². The fourth-order valence-electron chi connectivity index (χ4n) is 2.57. The van der Waals surface area contributed by atoms with Crippen LogP contribution in [0.3, 0.4) is 0 Å². The minimum absolute atomic E-state index is 0.0571. The van der Waals surface area contributed by atoms with Gasteiger partial charge in [-0.05, 0) is 13.8 Å². The van der Waals surface area contributed by atoms with E-state index in [1.807, 2.05) is 20.8 Å². The van der Waals surface area contributed by atoms with E-state index >= 15 is 0 Å². The molecule has 0 fully saturated rings. The maximum atomic E-state index is 12.4. The normalized spacial score (nSPS) is 14.1. The van der Waals surface area contributed by atoms with Gasteiger partial charge in [0.1, 0.15) is 0 Å². The first-order valence-corrected chi connectivity index (χ1v) is 7.25. The van der Waals surface area contributed by atoms with Crippen LogP contribution in [-0.2, 0) is 17.8 Å². The van der Waals surface area contributed by atoms with Crippen molar-refractivity contribution in [2.75, 3.05) is 19.6 Å². The van der Waals surface area contributed by atoms with Crippen LogP contribution in [0.25, 0.3) is 0 Å². The highest BCUT2D eigenvalue weighted by molar-refractivity contribution is 5.94. The number of fused-ring (bicyclic) bond motifs is 1. The number of carbonyl (C=O) groups excluding carboxylic acids is 2. The third-order valence-electron chi connectivity index (χ3n) is 3.84. The highest BCUT2D eigenvalue weighted by atomic mass is 16.2. The van der Waals surface area contributed by atoms with Crippen LogP contribution < -0.4 is 0 Å². The lowest BCUT2D eigenvalue weighted by atomic mass is 10.0. The van der Waals surface area contributed by atoms with Crippen LogP contribution in [-0.4, -0.2) is 51.4 Å². The monoisotopic (exact) mass is 278 g/mol. The first-order chi connectivity index (χ1) is 9.62. The van der Waals surface area contributed by atoms with Gasteiger partial charge in [-0.25, -0.2) is 0 Å². The summed E-state index contributed by atoms with van der Waals surface area (Å²) < 4.78 is 0. The molecule has 1 N–H and O–H groups in total. The first-order valence-electron chi connectivity index (χ1n) is 7.25. The third kappa shape index (κ3) is 2.55. The largest absolute Gasteiger partial charge is 0.338 e. The lowest BCUT2D eigenvalue weighted by Gasteiger charge is -2.27. The predicted octanol–water partition coefficient (Wildman–Crippen LogP) is 1.19. The molecule has 2 rings (SSSR count). The van der Waals surface area contributed by atoms with Crippen molar-refractivity contribution in [1.82, 2.24) is 20.0 Å². The Morgan fingerprint density at radius 1 is 1.30 bits per heavy atom. The Balaban J connectivity index is 2.25. The molecule has 0 unspecified atom stereocenters. The minimum Gasteiger partial charge on any atom is -0.338 e. The molecular formula is C14H22N4O2. The van der Waals surface area contributed by atoms with Crippen LogP contribution in [0, 0.1) is 0 Å². The number of aromatic nitrogens is 2. The smallest absolute Gasteiger partial charge is 0.274 e. The van der Waals surface area contributed by atoms with Crippen molar-refractivity contribution < 1.29 is 9.59 Å². The average Bonchev–Trinajstić information content (AvgIpc) is 2.90. The molecule has 0 aromatic carbocycles. The Morgan fingerprint density at radius 3 is 2.60 bits per heavy atom. The average molecular weight is 278 g/mol. The van der Waals surface area contributed by atoms with Gasteiger partial charge in [0.15, 0.2) is 5.69 Å². The van der Waals surface area contributed by atoms with E-state index < -0.39 is 0 Å². The number of carbonyl (C=O) groups is 2. The van der Waals surface area contributed by atoms with Gasteiger partial charge in [-0.2, -0.15) is 5.10 Å². The maximum Gasteiger partial charge on any atom is 0.274 e. The second-order valence-corrected chi connectivity index (χ2v) is 4.93. The first kappa shape index (κ1) is 14.6. The lowest BCUT2D eigenvalue weighted by molar-refractivity contribution is -0.131. The van der Waals surface area contributed by atoms with Crippen molar-refractivity contribution in [3.63, 3.8) is 0 Å². The minimum atomic E-state index is -0.0571. The lowest BCUT2D eigenvalue weighted by Crippen LogP contribution is -2.37. The molecule has 6 nitrogen and oxygen atoms in total. The van der Waals surface area contributed by atoms with Crippen LogP contribution in [0.5, 0.6) is 0 Å². The Bertz CT molecular complexity index is 505. The van der Waals surface area contributed by atoms with Crippen LogP contribution in [0.15, 0.2) is 0 Å². The highest BCUT2D eigenvalue weighted by Crippen LogP contribution is 2.22. The molecule has 0 saturated carbocycles. The number of nitrogens with zero attached hydrogens (tertiary/aromatic N) is 3. The zero-order valence-corrected chi connectivity index (χ0v) is 12.4. The van der Waals surface area contributed by atoms with E-state index in [1.54, 1.807) is 9.80 Å². The summed E-state index contributed by atoms with van der Waals surface area (Å²) in [5.74, 6) is 0.0661. The summed E-state index contributed by atoms with van der Waals surface area (Å²) in [6, 6.07) is 0. The molecule has 0 saturated heterocycles. The van der Waals surface area contributed by atoms with Gasteiger partial charge in [-0.15, -0.1) is 0 Å². The number of aromatic amines is 1. The van der Waals surface area contributed by atoms with Gasteiger partial charge in [0, 0.05) is 50.3 Å². The zero-order valence-electron chi connectivity index (χ0n) is 12.4. The summed E-state index contributed by atoms with van der Waals surface area (Å²) in [6.45, 7) is 8.26. The standard InChI is InChI=1S/C14H22N4O2/c1-4-12(19)18-8-7-11-10(9-18)13(16-15-11)14(20)17(5-2)6-3/h4-9H2,1-3H3,(H,15,16). The summed E-state index contributed by atoms with van der Waals surface area (Å²) in [7, 11) is 0. The highest BCUT2D eigenvalue weighted by Gasteiger charge is 2.28. The Kier molecular flexibility index (Phi) is 4.42. The number of amides is 2. The van der Waals surface area contributed by atoms with Crippen LogP contribution in [0.4, 0.5) is 0 Å². The Hall–Kier alpha value is -1.85. The zero-order chi connectivity index (χ0) is 14.7. The van der Waals surface area contributed by atoms with Crippen molar-refractivity contribution in [2.45, 2.75) is 40.2 Å². The van der Waals surface area contributed by atoms with Gasteiger partial charge in [0.2, 0.25) is 5.91 Å². The molecule has 0 bridgehead atoms. The molecule has 20 heavy (non-hydrogen) atoms. The summed E-state index contributed by atoms with van der Waals surface area (Å²) >= 11 is 0. The van der Waals surface area contributed by atoms with Gasteiger partial charge in [-0.3, -0.25) is 14.7 Å². The second-order valence-electron chi connectivity index (χ2n) is 4.93. The Labute approximate surface area is 119 Å². The van der Waals surface area contributed by atoms with Gasteiger partial charge >= 0.3 is 0 Å². The van der Waals surface area contributed by atoms with Crippen molar-refractivity contribution in [2.24, 2.45) is 0 Å². The molecule has 6 heteroatoms. The van der Waals surface area contributed by atoms with E-state index in [0.717, 1.165) is 17.7 Å².